The number of hydrogen-bond donors (Lipinski definition) is 1. The Morgan fingerprint density at radius 1 is 1.03 bits per heavy atom. The van der Waals surface area contributed by atoms with Crippen LogP contribution in [0, 0.1) is 0 Å². The number of rotatable bonds is 9. The number of aliphatic imine (C=N–C) groups is 1. The molecule has 0 saturated carbocycles. The molecule has 2 aromatic rings. The predicted octanol–water partition coefficient (Wildman–Crippen LogP) is 4.10. The summed E-state index contributed by atoms with van der Waals surface area (Å²) >= 11 is 1.82. The standard InChI is InChI=1S/C22H32N4OS.HI/c1-23-22(26-15-13-25(14-16-26)21-10-7-19-28-21)24-12-5-6-17-27-18-11-20-8-3-2-4-9-20;/h2-4,7-10,19H,5-6,11-18H2,1H3,(H,23,24);1H. The molecule has 0 bridgehead atoms. The van der Waals surface area contributed by atoms with Crippen LogP contribution in [0.1, 0.15) is 18.4 Å². The van der Waals surface area contributed by atoms with Gasteiger partial charge in [-0.1, -0.05) is 30.3 Å². The fourth-order valence-corrected chi connectivity index (χ4v) is 4.17. The molecule has 0 aliphatic carbocycles. The van der Waals surface area contributed by atoms with E-state index in [2.05, 4.69) is 68.0 Å². The highest BCUT2D eigenvalue weighted by Gasteiger charge is 2.19. The second-order valence-electron chi connectivity index (χ2n) is 6.95. The van der Waals surface area contributed by atoms with Gasteiger partial charge in [0.15, 0.2) is 5.96 Å². The van der Waals surface area contributed by atoms with Crippen molar-refractivity contribution in [3.8, 4) is 0 Å². The van der Waals surface area contributed by atoms with E-state index in [1.165, 1.54) is 10.6 Å². The van der Waals surface area contributed by atoms with Crippen LogP contribution < -0.4 is 10.2 Å². The average Bonchev–Trinajstić information content (AvgIpc) is 3.29. The van der Waals surface area contributed by atoms with Gasteiger partial charge in [0.05, 0.1) is 11.6 Å². The van der Waals surface area contributed by atoms with Gasteiger partial charge in [-0.25, -0.2) is 0 Å². The van der Waals surface area contributed by atoms with Crippen molar-refractivity contribution < 1.29 is 4.74 Å². The first-order valence-corrected chi connectivity index (χ1v) is 11.1. The van der Waals surface area contributed by atoms with E-state index in [0.717, 1.165) is 71.2 Å². The molecule has 1 aromatic carbocycles. The van der Waals surface area contributed by atoms with Crippen molar-refractivity contribution in [2.24, 2.45) is 4.99 Å². The number of nitrogens with zero attached hydrogens (tertiary/aromatic N) is 3. The van der Waals surface area contributed by atoms with Gasteiger partial charge in [-0.05, 0) is 42.3 Å². The topological polar surface area (TPSA) is 40.1 Å². The molecular formula is C22H33IN4OS. The van der Waals surface area contributed by atoms with Crippen LogP contribution in [0.2, 0.25) is 0 Å². The molecule has 0 amide bonds. The maximum absolute atomic E-state index is 5.76. The Bertz CT molecular complexity index is 688. The number of anilines is 1. The molecule has 7 heteroatoms. The molecule has 5 nitrogen and oxygen atoms in total. The van der Waals surface area contributed by atoms with Gasteiger partial charge in [-0.15, -0.1) is 35.3 Å². The van der Waals surface area contributed by atoms with Crippen molar-refractivity contribution in [1.82, 2.24) is 10.2 Å². The number of thiophene rings is 1. The first-order chi connectivity index (χ1) is 13.9. The Hall–Kier alpha value is -1.32. The molecular weight excluding hydrogens is 495 g/mol. The molecule has 3 rings (SSSR count). The fourth-order valence-electron chi connectivity index (χ4n) is 3.39. The van der Waals surface area contributed by atoms with Gasteiger partial charge < -0.3 is 19.9 Å². The Kier molecular flexibility index (Phi) is 11.4. The third kappa shape index (κ3) is 8.14. The van der Waals surface area contributed by atoms with Crippen molar-refractivity contribution in [2.45, 2.75) is 19.3 Å². The number of nitrogens with one attached hydrogen (secondary N) is 1. The van der Waals surface area contributed by atoms with E-state index in [0.29, 0.717) is 0 Å². The lowest BCUT2D eigenvalue weighted by atomic mass is 10.2. The highest BCUT2D eigenvalue weighted by atomic mass is 127. The van der Waals surface area contributed by atoms with Crippen LogP contribution in [0.4, 0.5) is 5.00 Å². The first kappa shape index (κ1) is 24.0. The highest BCUT2D eigenvalue weighted by Crippen LogP contribution is 2.22. The van der Waals surface area contributed by atoms with Crippen LogP contribution in [-0.4, -0.2) is 63.8 Å². The fraction of sp³-hybridized carbons (Fsp3) is 0.500. The molecule has 1 aromatic heterocycles. The maximum atomic E-state index is 5.76. The molecule has 0 radical (unpaired) electrons. The van der Waals surface area contributed by atoms with Crippen LogP contribution in [0.15, 0.2) is 52.8 Å². The summed E-state index contributed by atoms with van der Waals surface area (Å²) in [5, 5.41) is 7.03. The van der Waals surface area contributed by atoms with E-state index >= 15 is 0 Å². The van der Waals surface area contributed by atoms with Crippen molar-refractivity contribution in [1.29, 1.82) is 0 Å². The Morgan fingerprint density at radius 2 is 1.83 bits per heavy atom. The largest absolute Gasteiger partial charge is 0.381 e. The van der Waals surface area contributed by atoms with Crippen molar-refractivity contribution >= 4 is 46.3 Å². The molecule has 2 heterocycles. The maximum Gasteiger partial charge on any atom is 0.193 e. The lowest BCUT2D eigenvalue weighted by molar-refractivity contribution is 0.133. The van der Waals surface area contributed by atoms with Crippen LogP contribution >= 0.6 is 35.3 Å². The Labute approximate surface area is 196 Å². The monoisotopic (exact) mass is 528 g/mol. The van der Waals surface area contributed by atoms with E-state index in [9.17, 15) is 0 Å². The number of benzene rings is 1. The summed E-state index contributed by atoms with van der Waals surface area (Å²) in [6.45, 7) is 6.70. The van der Waals surface area contributed by atoms with Gasteiger partial charge >= 0.3 is 0 Å². The summed E-state index contributed by atoms with van der Waals surface area (Å²) in [6.07, 6.45) is 3.16. The lowest BCUT2D eigenvalue weighted by Gasteiger charge is -2.37. The zero-order chi connectivity index (χ0) is 19.4. The van der Waals surface area contributed by atoms with Gasteiger partial charge in [0, 0.05) is 46.4 Å². The molecule has 1 N–H and O–H groups in total. The molecule has 1 saturated heterocycles. The third-order valence-electron chi connectivity index (χ3n) is 4.99. The summed E-state index contributed by atoms with van der Waals surface area (Å²) in [6, 6.07) is 14.8. The molecule has 1 aliphatic heterocycles. The smallest absolute Gasteiger partial charge is 0.193 e. The van der Waals surface area contributed by atoms with Crippen LogP contribution in [-0.2, 0) is 11.2 Å². The Morgan fingerprint density at radius 3 is 2.52 bits per heavy atom. The highest BCUT2D eigenvalue weighted by molar-refractivity contribution is 14.0. The normalized spacial score (nSPS) is 14.6. The number of ether oxygens (including phenoxy) is 1. The van der Waals surface area contributed by atoms with Crippen molar-refractivity contribution in [3.05, 3.63) is 53.4 Å². The second-order valence-corrected chi connectivity index (χ2v) is 7.88. The van der Waals surface area contributed by atoms with Gasteiger partial charge in [0.25, 0.3) is 0 Å². The lowest BCUT2D eigenvalue weighted by Crippen LogP contribution is -2.52. The summed E-state index contributed by atoms with van der Waals surface area (Å²) in [7, 11) is 1.88. The van der Waals surface area contributed by atoms with Crippen LogP contribution in [0.5, 0.6) is 0 Å². The van der Waals surface area contributed by atoms with Crippen LogP contribution in [0.25, 0.3) is 0 Å². The molecule has 29 heavy (non-hydrogen) atoms. The van der Waals surface area contributed by atoms with Gasteiger partial charge in [-0.2, -0.15) is 0 Å². The van der Waals surface area contributed by atoms with Gasteiger partial charge in [-0.3, -0.25) is 4.99 Å². The molecule has 1 aliphatic rings. The first-order valence-electron chi connectivity index (χ1n) is 10.2. The summed E-state index contributed by atoms with van der Waals surface area (Å²) in [5.74, 6) is 1.02. The van der Waals surface area contributed by atoms with Crippen molar-refractivity contribution in [3.63, 3.8) is 0 Å². The van der Waals surface area contributed by atoms with Crippen molar-refractivity contribution in [2.75, 3.05) is 57.9 Å². The van der Waals surface area contributed by atoms with Gasteiger partial charge in [0.1, 0.15) is 0 Å². The zero-order valence-electron chi connectivity index (χ0n) is 17.3. The minimum atomic E-state index is 0. The number of piperazine rings is 1. The minimum Gasteiger partial charge on any atom is -0.381 e. The molecule has 0 atom stereocenters. The number of halogens is 1. The summed E-state index contributed by atoms with van der Waals surface area (Å²) in [5.41, 5.74) is 1.34. The third-order valence-corrected chi connectivity index (χ3v) is 5.91. The van der Waals surface area contributed by atoms with E-state index in [-0.39, 0.29) is 24.0 Å². The Balaban J connectivity index is 0.00000300. The quantitative estimate of drug-likeness (QED) is 0.230. The predicted molar refractivity (Wildman–Crippen MR) is 135 cm³/mol. The number of unbranched alkanes of at least 4 members (excludes halogenated alkanes) is 1. The van der Waals surface area contributed by atoms with E-state index < -0.39 is 0 Å². The van der Waals surface area contributed by atoms with E-state index in [4.69, 9.17) is 4.74 Å². The van der Waals surface area contributed by atoms with E-state index in [1.54, 1.807) is 0 Å². The molecule has 0 spiro atoms. The van der Waals surface area contributed by atoms with Crippen LogP contribution in [0.3, 0.4) is 0 Å². The minimum absolute atomic E-state index is 0. The van der Waals surface area contributed by atoms with E-state index in [1.807, 2.05) is 18.4 Å². The molecule has 1 fully saturated rings. The number of hydrogen-bond acceptors (Lipinski definition) is 4. The number of guanidine groups is 1. The molecule has 0 unspecified atom stereocenters. The average molecular weight is 529 g/mol. The van der Waals surface area contributed by atoms with Gasteiger partial charge in [0.2, 0.25) is 0 Å². The summed E-state index contributed by atoms with van der Waals surface area (Å²) < 4.78 is 5.76. The summed E-state index contributed by atoms with van der Waals surface area (Å²) in [4.78, 5) is 9.29. The zero-order valence-corrected chi connectivity index (χ0v) is 20.4. The second kappa shape index (κ2) is 13.8. The molecule has 160 valence electrons. The SMILES string of the molecule is CN=C(NCCCCOCCc1ccccc1)N1CCN(c2cccs2)CC1.I.